The second kappa shape index (κ2) is 10.1. The number of carboxylic acid groups (broad SMARTS) is 1. The quantitative estimate of drug-likeness (QED) is 0.381. The van der Waals surface area contributed by atoms with Crippen molar-refractivity contribution in [2.75, 3.05) is 26.3 Å². The number of carbonyl (C=O) groups is 2. The van der Waals surface area contributed by atoms with E-state index in [4.69, 9.17) is 14.2 Å². The normalized spacial score (nSPS) is 18.9. The van der Waals surface area contributed by atoms with Gasteiger partial charge in [0.05, 0.1) is 19.6 Å². The number of carboxylic acids is 1. The van der Waals surface area contributed by atoms with E-state index in [0.29, 0.717) is 26.3 Å². The van der Waals surface area contributed by atoms with E-state index in [2.05, 4.69) is 10.4 Å². The highest BCUT2D eigenvalue weighted by Gasteiger charge is 2.36. The van der Waals surface area contributed by atoms with Crippen molar-refractivity contribution in [1.29, 1.82) is 0 Å². The summed E-state index contributed by atoms with van der Waals surface area (Å²) in [7, 11) is -3.14. The lowest BCUT2D eigenvalue weighted by molar-refractivity contribution is -0.138. The molecule has 0 atom stereocenters. The van der Waals surface area contributed by atoms with Crippen molar-refractivity contribution in [3.05, 3.63) is 0 Å². The highest BCUT2D eigenvalue weighted by Crippen LogP contribution is 2.49. The van der Waals surface area contributed by atoms with Crippen LogP contribution in [-0.2, 0) is 23.2 Å². The molecule has 0 radical (unpaired) electrons. The van der Waals surface area contributed by atoms with Gasteiger partial charge >= 0.3 is 13.7 Å². The average molecular weight is 364 g/mol. The summed E-state index contributed by atoms with van der Waals surface area (Å²) in [4.78, 5) is 21.6. The second-order valence-corrected chi connectivity index (χ2v) is 8.60. The number of aliphatic carboxylic acids is 1. The Morgan fingerprint density at radius 2 is 1.62 bits per heavy atom. The summed E-state index contributed by atoms with van der Waals surface area (Å²) in [5.41, 5.74) is -0.107. The summed E-state index contributed by atoms with van der Waals surface area (Å²) < 4.78 is 22.8. The van der Waals surface area contributed by atoms with Crippen LogP contribution in [0.2, 0.25) is 0 Å². The highest BCUT2D eigenvalue weighted by molar-refractivity contribution is 7.51. The molecule has 1 rings (SSSR count). The van der Waals surface area contributed by atoms with Gasteiger partial charge < -0.3 is 10.4 Å². The first-order chi connectivity index (χ1) is 11.2. The predicted molar refractivity (Wildman–Crippen MR) is 89.6 cm³/mol. The molecule has 0 saturated carbocycles. The lowest BCUT2D eigenvalue weighted by Crippen LogP contribution is -2.33. The third-order valence-electron chi connectivity index (χ3n) is 3.55. The molecule has 1 amide bonds. The van der Waals surface area contributed by atoms with Crippen LogP contribution in [0, 0.1) is 5.41 Å². The van der Waals surface area contributed by atoms with E-state index >= 15 is 0 Å². The lowest BCUT2D eigenvalue weighted by atomic mass is 9.97. The van der Waals surface area contributed by atoms with Gasteiger partial charge in [-0.15, -0.1) is 0 Å². The van der Waals surface area contributed by atoms with E-state index in [0.717, 1.165) is 25.7 Å². The molecule has 1 heterocycles. The van der Waals surface area contributed by atoms with Crippen molar-refractivity contribution >= 4 is 19.6 Å². The molecule has 9 heteroatoms. The van der Waals surface area contributed by atoms with Gasteiger partial charge in [-0.25, -0.2) is 9.65 Å². The molecule has 0 unspecified atom stereocenters. The van der Waals surface area contributed by atoms with E-state index in [1.54, 1.807) is 0 Å². The summed E-state index contributed by atoms with van der Waals surface area (Å²) in [6.07, 6.45) is 3.42. The third-order valence-corrected chi connectivity index (χ3v) is 5.10. The molecule has 0 aliphatic carbocycles. The molecule has 0 spiro atoms. The van der Waals surface area contributed by atoms with E-state index < -0.39 is 13.7 Å². The smallest absolute Gasteiger partial charge is 0.405 e. The Kier molecular flexibility index (Phi) is 8.91. The zero-order valence-electron chi connectivity index (χ0n) is 14.5. The molecule has 24 heavy (non-hydrogen) atoms. The van der Waals surface area contributed by atoms with E-state index in [1.807, 2.05) is 13.8 Å². The Labute approximate surface area is 143 Å². The molecule has 0 aromatic rings. The Morgan fingerprint density at radius 3 is 2.21 bits per heavy atom. The zero-order valence-corrected chi connectivity index (χ0v) is 15.4. The molecule has 3 N–H and O–H groups in total. The minimum absolute atomic E-state index is 0.0192. The lowest BCUT2D eigenvalue weighted by Gasteiger charge is -2.33. The average Bonchev–Trinajstić information content (AvgIpc) is 2.51. The van der Waals surface area contributed by atoms with Gasteiger partial charge in [0.2, 0.25) is 5.91 Å². The van der Waals surface area contributed by atoms with Crippen LogP contribution in [0.25, 0.3) is 0 Å². The zero-order chi connectivity index (χ0) is 18.1. The van der Waals surface area contributed by atoms with Gasteiger partial charge in [0.1, 0.15) is 0 Å². The monoisotopic (exact) mass is 364 g/mol. The number of hydrogen-bond acceptors (Lipinski definition) is 5. The van der Waals surface area contributed by atoms with Gasteiger partial charge in [-0.2, -0.15) is 0 Å². The van der Waals surface area contributed by atoms with Crippen molar-refractivity contribution in [3.8, 4) is 0 Å². The largest absolute Gasteiger partial charge is 0.481 e. The van der Waals surface area contributed by atoms with Crippen molar-refractivity contribution in [3.63, 3.8) is 0 Å². The van der Waals surface area contributed by atoms with Crippen LogP contribution >= 0.6 is 7.75 Å². The molecule has 1 aliphatic rings. The summed E-state index contributed by atoms with van der Waals surface area (Å²) in [6, 6.07) is 0. The molecular weight excluding hydrogens is 335 g/mol. The molecule has 140 valence electrons. The van der Waals surface area contributed by atoms with Crippen LogP contribution in [-0.4, -0.2) is 43.3 Å². The Balaban J connectivity index is 1.96. The minimum atomic E-state index is -3.14. The fraction of sp³-hybridized carbons (Fsp3) is 0.867. The van der Waals surface area contributed by atoms with Crippen molar-refractivity contribution in [1.82, 2.24) is 10.4 Å². The molecule has 0 aromatic carbocycles. The standard InChI is InChI=1S/C15H29N2O6P/c1-15(2)11-22-24(21,23-12-15)17-10-6-4-3-5-9-16-13(18)7-8-14(19)20/h3-12H2,1-2H3,(H,16,18)(H,17,21)(H,19,20). The van der Waals surface area contributed by atoms with Gasteiger partial charge in [-0.05, 0) is 12.8 Å². The Hall–Kier alpha value is -0.950. The molecule has 8 nitrogen and oxygen atoms in total. The Bertz CT molecular complexity index is 455. The van der Waals surface area contributed by atoms with Crippen LogP contribution in [0.15, 0.2) is 0 Å². The number of hydrogen-bond donors (Lipinski definition) is 3. The second-order valence-electron chi connectivity index (χ2n) is 6.77. The van der Waals surface area contributed by atoms with Crippen LogP contribution in [0.3, 0.4) is 0 Å². The van der Waals surface area contributed by atoms with Gasteiger partial charge in [-0.1, -0.05) is 26.7 Å². The van der Waals surface area contributed by atoms with Crippen LogP contribution in [0.1, 0.15) is 52.4 Å². The van der Waals surface area contributed by atoms with Crippen molar-refractivity contribution < 1.29 is 28.3 Å². The SMILES string of the molecule is CC1(C)COP(=O)(NCCCCCCNC(=O)CCC(=O)O)OC1. The van der Waals surface area contributed by atoms with Gasteiger partial charge in [0.15, 0.2) is 0 Å². The maximum Gasteiger partial charge on any atom is 0.405 e. The number of rotatable bonds is 11. The number of amides is 1. The van der Waals surface area contributed by atoms with E-state index in [-0.39, 0.29) is 24.2 Å². The predicted octanol–water partition coefficient (Wildman–Crippen LogP) is 2.30. The summed E-state index contributed by atoms with van der Waals surface area (Å²) in [6.45, 7) is 5.93. The van der Waals surface area contributed by atoms with E-state index in [9.17, 15) is 14.2 Å². The third kappa shape index (κ3) is 9.37. The minimum Gasteiger partial charge on any atom is -0.481 e. The highest BCUT2D eigenvalue weighted by atomic mass is 31.2. The van der Waals surface area contributed by atoms with Crippen LogP contribution in [0.4, 0.5) is 0 Å². The number of unbranched alkanes of at least 4 members (excludes halogenated alkanes) is 3. The first kappa shape index (κ1) is 21.1. The fourth-order valence-corrected chi connectivity index (χ4v) is 3.77. The number of carbonyl (C=O) groups excluding carboxylic acids is 1. The summed E-state index contributed by atoms with van der Waals surface area (Å²) in [5.74, 6) is -1.20. The van der Waals surface area contributed by atoms with Crippen molar-refractivity contribution in [2.24, 2.45) is 5.41 Å². The van der Waals surface area contributed by atoms with Gasteiger partial charge in [-0.3, -0.25) is 18.6 Å². The van der Waals surface area contributed by atoms with Gasteiger partial charge in [0.25, 0.3) is 0 Å². The molecule has 0 aromatic heterocycles. The van der Waals surface area contributed by atoms with Crippen molar-refractivity contribution in [2.45, 2.75) is 52.4 Å². The first-order valence-electron chi connectivity index (χ1n) is 8.35. The summed E-state index contributed by atoms with van der Waals surface area (Å²) in [5, 5.41) is 14.0. The van der Waals surface area contributed by atoms with Gasteiger partial charge in [0, 0.05) is 24.9 Å². The molecular formula is C15H29N2O6P. The molecule has 0 bridgehead atoms. The van der Waals surface area contributed by atoms with E-state index in [1.165, 1.54) is 0 Å². The topological polar surface area (TPSA) is 114 Å². The van der Waals surface area contributed by atoms with Crippen LogP contribution in [0.5, 0.6) is 0 Å². The maximum absolute atomic E-state index is 12.2. The fourth-order valence-electron chi connectivity index (χ4n) is 2.05. The number of nitrogens with one attached hydrogen (secondary N) is 2. The maximum atomic E-state index is 12.2. The first-order valence-corrected chi connectivity index (χ1v) is 9.89. The van der Waals surface area contributed by atoms with Crippen LogP contribution < -0.4 is 10.4 Å². The molecule has 1 saturated heterocycles. The Morgan fingerprint density at radius 1 is 1.04 bits per heavy atom. The molecule has 1 fully saturated rings. The summed E-state index contributed by atoms with van der Waals surface area (Å²) >= 11 is 0. The molecule has 1 aliphatic heterocycles.